The summed E-state index contributed by atoms with van der Waals surface area (Å²) in [6, 6.07) is 3.61. The van der Waals surface area contributed by atoms with Gasteiger partial charge in [-0.1, -0.05) is 13.3 Å². The van der Waals surface area contributed by atoms with Crippen LogP contribution in [0.5, 0.6) is 11.5 Å². The smallest absolute Gasteiger partial charge is 0.321 e. The fraction of sp³-hybridized carbons (Fsp3) is 0.562. The summed E-state index contributed by atoms with van der Waals surface area (Å²) in [6.45, 7) is 4.93. The quantitative estimate of drug-likeness (QED) is 0.861. The molecule has 120 valence electrons. The van der Waals surface area contributed by atoms with E-state index < -0.39 is 0 Å². The molecule has 2 aliphatic rings. The predicted molar refractivity (Wildman–Crippen MR) is 88.7 cm³/mol. The van der Waals surface area contributed by atoms with Gasteiger partial charge in [-0.3, -0.25) is 0 Å². The molecule has 1 aromatic carbocycles. The minimum absolute atomic E-state index is 0.0458. The number of nitrogens with zero attached hydrogens (tertiary/aromatic N) is 1. The molecule has 22 heavy (non-hydrogen) atoms. The van der Waals surface area contributed by atoms with Crippen LogP contribution in [0.25, 0.3) is 0 Å². The Morgan fingerprint density at radius 1 is 1.36 bits per heavy atom. The molecule has 5 nitrogen and oxygen atoms in total. The lowest BCUT2D eigenvalue weighted by Crippen LogP contribution is -2.42. The first-order valence-corrected chi connectivity index (χ1v) is 8.61. The summed E-state index contributed by atoms with van der Waals surface area (Å²) >= 11 is 3.48. The van der Waals surface area contributed by atoms with Gasteiger partial charge in [-0.25, -0.2) is 4.79 Å². The Hall–Kier alpha value is -1.43. The van der Waals surface area contributed by atoms with Crippen molar-refractivity contribution in [3.05, 3.63) is 16.6 Å². The first-order valence-electron chi connectivity index (χ1n) is 7.82. The molecule has 1 N–H and O–H groups in total. The predicted octanol–water partition coefficient (Wildman–Crippen LogP) is 3.87. The van der Waals surface area contributed by atoms with E-state index in [0.717, 1.165) is 30.4 Å². The normalized spacial score (nSPS) is 20.6. The lowest BCUT2D eigenvalue weighted by atomic mass is 9.96. The molecule has 2 amide bonds. The molecule has 1 unspecified atom stereocenters. The average molecular weight is 369 g/mol. The number of carbonyl (C=O) groups excluding carboxylic acids is 1. The van der Waals surface area contributed by atoms with E-state index in [9.17, 15) is 4.79 Å². The second-order valence-electron chi connectivity index (χ2n) is 5.77. The highest BCUT2D eigenvalue weighted by atomic mass is 79.9. The van der Waals surface area contributed by atoms with Crippen molar-refractivity contribution in [2.24, 2.45) is 5.92 Å². The topological polar surface area (TPSA) is 50.8 Å². The molecule has 2 heterocycles. The molecular weight excluding hydrogens is 348 g/mol. The highest BCUT2D eigenvalue weighted by Crippen LogP contribution is 2.38. The van der Waals surface area contributed by atoms with E-state index >= 15 is 0 Å². The first-order chi connectivity index (χ1) is 10.7. The largest absolute Gasteiger partial charge is 0.486 e. The number of fused-ring (bicyclic) bond motifs is 1. The summed E-state index contributed by atoms with van der Waals surface area (Å²) < 4.78 is 11.9. The zero-order chi connectivity index (χ0) is 15.5. The van der Waals surface area contributed by atoms with Crippen molar-refractivity contribution in [1.29, 1.82) is 0 Å². The van der Waals surface area contributed by atoms with E-state index in [0.29, 0.717) is 36.3 Å². The van der Waals surface area contributed by atoms with Crippen LogP contribution in [-0.2, 0) is 0 Å². The molecule has 0 aliphatic carbocycles. The molecule has 0 spiro atoms. The number of amides is 2. The number of benzene rings is 1. The van der Waals surface area contributed by atoms with Crippen LogP contribution in [0, 0.1) is 5.92 Å². The Bertz CT molecular complexity index is 565. The van der Waals surface area contributed by atoms with Crippen molar-refractivity contribution in [1.82, 2.24) is 4.90 Å². The Kier molecular flexibility index (Phi) is 4.76. The number of likely N-dealkylation sites (tertiary alicyclic amines) is 1. The van der Waals surface area contributed by atoms with Crippen LogP contribution < -0.4 is 14.8 Å². The number of anilines is 1. The number of nitrogens with one attached hydrogen (secondary N) is 1. The van der Waals surface area contributed by atoms with Crippen molar-refractivity contribution in [2.45, 2.75) is 26.2 Å². The van der Waals surface area contributed by atoms with Crippen LogP contribution in [-0.4, -0.2) is 37.2 Å². The number of ether oxygens (including phenoxy) is 2. The van der Waals surface area contributed by atoms with Gasteiger partial charge in [0.15, 0.2) is 11.5 Å². The molecule has 1 aromatic rings. The molecule has 1 fully saturated rings. The third kappa shape index (κ3) is 3.32. The molecule has 3 rings (SSSR count). The van der Waals surface area contributed by atoms with E-state index in [1.54, 1.807) is 0 Å². The number of carbonyl (C=O) groups is 1. The van der Waals surface area contributed by atoms with Crippen molar-refractivity contribution in [3.8, 4) is 11.5 Å². The standard InChI is InChI=1S/C16H21BrN2O3/c1-2-11-4-3-5-19(10-11)16(20)18-13-9-15-14(8-12(13)17)21-6-7-22-15/h8-9,11H,2-7,10H2,1H3,(H,18,20). The molecule has 1 atom stereocenters. The van der Waals surface area contributed by atoms with Crippen molar-refractivity contribution in [3.63, 3.8) is 0 Å². The third-order valence-corrected chi connectivity index (χ3v) is 4.91. The molecule has 0 radical (unpaired) electrons. The summed E-state index contributed by atoms with van der Waals surface area (Å²) in [6.07, 6.45) is 3.42. The minimum Gasteiger partial charge on any atom is -0.486 e. The van der Waals surface area contributed by atoms with Gasteiger partial charge in [-0.2, -0.15) is 0 Å². The number of piperidine rings is 1. The monoisotopic (exact) mass is 368 g/mol. The van der Waals surface area contributed by atoms with E-state index in [1.165, 1.54) is 6.42 Å². The van der Waals surface area contributed by atoms with Crippen LogP contribution in [0.3, 0.4) is 0 Å². The number of hydrogen-bond donors (Lipinski definition) is 1. The highest BCUT2D eigenvalue weighted by molar-refractivity contribution is 9.10. The van der Waals surface area contributed by atoms with Gasteiger partial charge >= 0.3 is 6.03 Å². The zero-order valence-corrected chi connectivity index (χ0v) is 14.3. The van der Waals surface area contributed by atoms with Crippen molar-refractivity contribution >= 4 is 27.6 Å². The van der Waals surface area contributed by atoms with Gasteiger partial charge in [0, 0.05) is 29.7 Å². The minimum atomic E-state index is -0.0458. The molecule has 2 aliphatic heterocycles. The molecule has 1 saturated heterocycles. The maximum atomic E-state index is 12.5. The van der Waals surface area contributed by atoms with Crippen LogP contribution in [0.1, 0.15) is 26.2 Å². The van der Waals surface area contributed by atoms with Gasteiger partial charge in [-0.15, -0.1) is 0 Å². The number of halogens is 1. The van der Waals surface area contributed by atoms with Gasteiger partial charge in [0.05, 0.1) is 5.69 Å². The van der Waals surface area contributed by atoms with E-state index in [4.69, 9.17) is 9.47 Å². The van der Waals surface area contributed by atoms with Crippen molar-refractivity contribution in [2.75, 3.05) is 31.6 Å². The summed E-state index contributed by atoms with van der Waals surface area (Å²) in [7, 11) is 0. The Labute approximate surface area is 139 Å². The number of rotatable bonds is 2. The van der Waals surface area contributed by atoms with Crippen molar-refractivity contribution < 1.29 is 14.3 Å². The van der Waals surface area contributed by atoms with E-state index in [-0.39, 0.29) is 6.03 Å². The Balaban J connectivity index is 1.71. The fourth-order valence-corrected chi connectivity index (χ4v) is 3.36. The first kappa shape index (κ1) is 15.5. The number of hydrogen-bond acceptors (Lipinski definition) is 3. The SMILES string of the molecule is CCC1CCCN(C(=O)Nc2cc3c(cc2Br)OCCO3)C1. The van der Waals surface area contributed by atoms with E-state index in [2.05, 4.69) is 28.2 Å². The molecule has 6 heteroatoms. The summed E-state index contributed by atoms with van der Waals surface area (Å²) in [4.78, 5) is 14.4. The van der Waals surface area contributed by atoms with Crippen LogP contribution in [0.2, 0.25) is 0 Å². The van der Waals surface area contributed by atoms with Gasteiger partial charge in [-0.05, 0) is 34.7 Å². The maximum absolute atomic E-state index is 12.5. The van der Waals surface area contributed by atoms with Gasteiger partial charge in [0.25, 0.3) is 0 Å². The average Bonchev–Trinajstić information content (AvgIpc) is 2.55. The Morgan fingerprint density at radius 2 is 2.09 bits per heavy atom. The molecule has 0 aromatic heterocycles. The highest BCUT2D eigenvalue weighted by Gasteiger charge is 2.23. The van der Waals surface area contributed by atoms with Crippen LogP contribution >= 0.6 is 15.9 Å². The summed E-state index contributed by atoms with van der Waals surface area (Å²) in [5.74, 6) is 2.00. The Morgan fingerprint density at radius 3 is 2.82 bits per heavy atom. The zero-order valence-electron chi connectivity index (χ0n) is 12.7. The second-order valence-corrected chi connectivity index (χ2v) is 6.62. The third-order valence-electron chi connectivity index (χ3n) is 4.26. The molecule has 0 bridgehead atoms. The maximum Gasteiger partial charge on any atom is 0.321 e. The summed E-state index contributed by atoms with van der Waals surface area (Å²) in [5, 5.41) is 2.98. The fourth-order valence-electron chi connectivity index (χ4n) is 2.94. The summed E-state index contributed by atoms with van der Waals surface area (Å²) in [5.41, 5.74) is 0.716. The van der Waals surface area contributed by atoms with Gasteiger partial charge in [0.1, 0.15) is 13.2 Å². The van der Waals surface area contributed by atoms with Crippen LogP contribution in [0.15, 0.2) is 16.6 Å². The second kappa shape index (κ2) is 6.77. The van der Waals surface area contributed by atoms with Gasteiger partial charge < -0.3 is 19.7 Å². The molecule has 0 saturated carbocycles. The van der Waals surface area contributed by atoms with Crippen LogP contribution in [0.4, 0.5) is 10.5 Å². The number of urea groups is 1. The lowest BCUT2D eigenvalue weighted by Gasteiger charge is -2.32. The van der Waals surface area contributed by atoms with Gasteiger partial charge in [0.2, 0.25) is 0 Å². The lowest BCUT2D eigenvalue weighted by molar-refractivity contribution is 0.171. The molecular formula is C16H21BrN2O3. The van der Waals surface area contributed by atoms with E-state index in [1.807, 2.05) is 17.0 Å².